The number of aldehydes is 1. The lowest BCUT2D eigenvalue weighted by Crippen LogP contribution is -2.29. The maximum atomic E-state index is 10.8. The average molecular weight is 243 g/mol. The van der Waals surface area contributed by atoms with Crippen molar-refractivity contribution in [1.29, 1.82) is 0 Å². The standard InChI is InChI=1S/C14H17N3O/c1-16-5-3-12(4-6-16)14-15-9-13-8-11(10-18)2-7-17(13)14/h2,7-10,12H,3-6H2,1H3. The molecule has 4 nitrogen and oxygen atoms in total. The van der Waals surface area contributed by atoms with Crippen LogP contribution in [0.25, 0.3) is 5.52 Å². The minimum atomic E-state index is 0.533. The van der Waals surface area contributed by atoms with E-state index in [1.54, 1.807) is 0 Å². The smallest absolute Gasteiger partial charge is 0.150 e. The molecule has 1 fully saturated rings. The minimum absolute atomic E-state index is 0.533. The van der Waals surface area contributed by atoms with Gasteiger partial charge in [0.05, 0.1) is 11.7 Å². The Hall–Kier alpha value is -1.68. The van der Waals surface area contributed by atoms with Crippen molar-refractivity contribution in [2.24, 2.45) is 0 Å². The van der Waals surface area contributed by atoms with E-state index in [1.807, 2.05) is 24.5 Å². The highest BCUT2D eigenvalue weighted by Gasteiger charge is 2.21. The highest BCUT2D eigenvalue weighted by atomic mass is 16.1. The monoisotopic (exact) mass is 243 g/mol. The van der Waals surface area contributed by atoms with Gasteiger partial charge >= 0.3 is 0 Å². The molecule has 1 aliphatic heterocycles. The van der Waals surface area contributed by atoms with Crippen LogP contribution in [0.2, 0.25) is 0 Å². The molecular formula is C14H17N3O. The van der Waals surface area contributed by atoms with Gasteiger partial charge in [0.15, 0.2) is 0 Å². The number of hydrogen-bond acceptors (Lipinski definition) is 3. The van der Waals surface area contributed by atoms with Crippen molar-refractivity contribution >= 4 is 11.8 Å². The zero-order valence-corrected chi connectivity index (χ0v) is 10.5. The first-order chi connectivity index (χ1) is 8.78. The largest absolute Gasteiger partial charge is 0.306 e. The summed E-state index contributed by atoms with van der Waals surface area (Å²) in [5.41, 5.74) is 1.71. The van der Waals surface area contributed by atoms with Crippen molar-refractivity contribution in [2.45, 2.75) is 18.8 Å². The van der Waals surface area contributed by atoms with Gasteiger partial charge in [-0.25, -0.2) is 4.98 Å². The molecule has 4 heteroatoms. The molecule has 3 rings (SSSR count). The Balaban J connectivity index is 1.95. The van der Waals surface area contributed by atoms with Gasteiger partial charge in [-0.15, -0.1) is 0 Å². The molecular weight excluding hydrogens is 226 g/mol. The van der Waals surface area contributed by atoms with Crippen LogP contribution < -0.4 is 0 Å². The van der Waals surface area contributed by atoms with Gasteiger partial charge in [0.25, 0.3) is 0 Å². The summed E-state index contributed by atoms with van der Waals surface area (Å²) in [6.45, 7) is 2.26. The van der Waals surface area contributed by atoms with Gasteiger partial charge in [-0.05, 0) is 45.1 Å². The molecule has 0 saturated carbocycles. The van der Waals surface area contributed by atoms with Gasteiger partial charge in [-0.3, -0.25) is 4.79 Å². The van der Waals surface area contributed by atoms with E-state index >= 15 is 0 Å². The fraction of sp³-hybridized carbons (Fsp3) is 0.429. The third-order valence-electron chi connectivity index (χ3n) is 3.80. The summed E-state index contributed by atoms with van der Waals surface area (Å²) in [4.78, 5) is 17.7. The Labute approximate surface area is 106 Å². The van der Waals surface area contributed by atoms with E-state index in [9.17, 15) is 4.79 Å². The van der Waals surface area contributed by atoms with Gasteiger partial charge in [0.1, 0.15) is 12.1 Å². The van der Waals surface area contributed by atoms with Crippen LogP contribution >= 0.6 is 0 Å². The molecule has 0 aromatic carbocycles. The highest BCUT2D eigenvalue weighted by molar-refractivity contribution is 5.77. The van der Waals surface area contributed by atoms with Gasteiger partial charge in [-0.2, -0.15) is 0 Å². The summed E-state index contributed by atoms with van der Waals surface area (Å²) in [5.74, 6) is 1.67. The quantitative estimate of drug-likeness (QED) is 0.757. The number of likely N-dealkylation sites (tertiary alicyclic amines) is 1. The Morgan fingerprint density at radius 3 is 2.89 bits per heavy atom. The normalized spacial score (nSPS) is 18.3. The molecule has 18 heavy (non-hydrogen) atoms. The molecule has 94 valence electrons. The van der Waals surface area contributed by atoms with E-state index in [0.29, 0.717) is 11.5 Å². The predicted octanol–water partition coefficient (Wildman–Crippen LogP) is 1.96. The first-order valence-corrected chi connectivity index (χ1v) is 6.38. The molecule has 2 aromatic heterocycles. The SMILES string of the molecule is CN1CCC(c2ncc3cc(C=O)ccn23)CC1. The Kier molecular flexibility index (Phi) is 2.88. The second-order valence-corrected chi connectivity index (χ2v) is 5.07. The zero-order valence-electron chi connectivity index (χ0n) is 10.5. The number of pyridine rings is 1. The van der Waals surface area contributed by atoms with E-state index in [1.165, 1.54) is 0 Å². The van der Waals surface area contributed by atoms with Crippen molar-refractivity contribution in [3.05, 3.63) is 35.9 Å². The molecule has 0 atom stereocenters. The number of aromatic nitrogens is 2. The molecule has 0 radical (unpaired) electrons. The van der Waals surface area contributed by atoms with Crippen LogP contribution in [-0.4, -0.2) is 40.7 Å². The number of fused-ring (bicyclic) bond motifs is 1. The van der Waals surface area contributed by atoms with Crippen molar-refractivity contribution in [3.8, 4) is 0 Å². The molecule has 0 aliphatic carbocycles. The van der Waals surface area contributed by atoms with Crippen molar-refractivity contribution < 1.29 is 4.79 Å². The maximum absolute atomic E-state index is 10.8. The second-order valence-electron chi connectivity index (χ2n) is 5.07. The van der Waals surface area contributed by atoms with E-state index < -0.39 is 0 Å². The number of carbonyl (C=O) groups is 1. The summed E-state index contributed by atoms with van der Waals surface area (Å²) in [5, 5.41) is 0. The van der Waals surface area contributed by atoms with Crippen LogP contribution in [-0.2, 0) is 0 Å². The summed E-state index contributed by atoms with van der Waals surface area (Å²) in [7, 11) is 2.16. The molecule has 0 N–H and O–H groups in total. The van der Waals surface area contributed by atoms with E-state index in [4.69, 9.17) is 0 Å². The van der Waals surface area contributed by atoms with Crippen LogP contribution in [0, 0.1) is 0 Å². The Bertz CT molecular complexity index is 567. The molecule has 1 aliphatic rings. The molecule has 0 spiro atoms. The van der Waals surface area contributed by atoms with Crippen LogP contribution in [0.1, 0.15) is 34.9 Å². The van der Waals surface area contributed by atoms with Gasteiger partial charge in [0, 0.05) is 17.7 Å². The lowest BCUT2D eigenvalue weighted by molar-refractivity contribution is 0.112. The minimum Gasteiger partial charge on any atom is -0.306 e. The Morgan fingerprint density at radius 2 is 2.17 bits per heavy atom. The van der Waals surface area contributed by atoms with Crippen LogP contribution in [0.3, 0.4) is 0 Å². The van der Waals surface area contributed by atoms with E-state index in [0.717, 1.165) is 43.6 Å². The first kappa shape index (κ1) is 11.4. The van der Waals surface area contributed by atoms with Crippen LogP contribution in [0.4, 0.5) is 0 Å². The van der Waals surface area contributed by atoms with E-state index in [-0.39, 0.29) is 0 Å². The van der Waals surface area contributed by atoms with Crippen LogP contribution in [0.5, 0.6) is 0 Å². The number of rotatable bonds is 2. The summed E-state index contributed by atoms with van der Waals surface area (Å²) >= 11 is 0. The number of imidazole rings is 1. The highest BCUT2D eigenvalue weighted by Crippen LogP contribution is 2.27. The third kappa shape index (κ3) is 1.93. The summed E-state index contributed by atoms with van der Waals surface area (Å²) in [6, 6.07) is 3.73. The fourth-order valence-electron chi connectivity index (χ4n) is 2.68. The number of piperidine rings is 1. The van der Waals surface area contributed by atoms with Gasteiger partial charge < -0.3 is 9.30 Å². The first-order valence-electron chi connectivity index (χ1n) is 6.38. The van der Waals surface area contributed by atoms with Crippen molar-refractivity contribution in [3.63, 3.8) is 0 Å². The van der Waals surface area contributed by atoms with Crippen LogP contribution in [0.15, 0.2) is 24.5 Å². The topological polar surface area (TPSA) is 37.6 Å². The molecule has 0 unspecified atom stereocenters. The van der Waals surface area contributed by atoms with E-state index in [2.05, 4.69) is 21.3 Å². The number of hydrogen-bond donors (Lipinski definition) is 0. The molecule has 0 amide bonds. The lowest BCUT2D eigenvalue weighted by atomic mass is 9.96. The molecule has 1 saturated heterocycles. The maximum Gasteiger partial charge on any atom is 0.150 e. The molecule has 3 heterocycles. The molecule has 2 aromatic rings. The summed E-state index contributed by atoms with van der Waals surface area (Å²) in [6.07, 6.45) is 7.01. The van der Waals surface area contributed by atoms with Crippen molar-refractivity contribution in [1.82, 2.24) is 14.3 Å². The zero-order chi connectivity index (χ0) is 12.5. The lowest BCUT2D eigenvalue weighted by Gasteiger charge is -2.28. The number of nitrogens with zero attached hydrogens (tertiary/aromatic N) is 3. The average Bonchev–Trinajstić information content (AvgIpc) is 2.82. The number of carbonyl (C=O) groups excluding carboxylic acids is 1. The van der Waals surface area contributed by atoms with Crippen molar-refractivity contribution in [2.75, 3.05) is 20.1 Å². The van der Waals surface area contributed by atoms with Gasteiger partial charge in [0.2, 0.25) is 0 Å². The fourth-order valence-corrected chi connectivity index (χ4v) is 2.68. The second kappa shape index (κ2) is 4.53. The summed E-state index contributed by atoms with van der Waals surface area (Å²) < 4.78 is 2.11. The molecule has 0 bridgehead atoms. The third-order valence-corrected chi connectivity index (χ3v) is 3.80. The predicted molar refractivity (Wildman–Crippen MR) is 70.1 cm³/mol. The van der Waals surface area contributed by atoms with Gasteiger partial charge in [-0.1, -0.05) is 0 Å². The Morgan fingerprint density at radius 1 is 1.39 bits per heavy atom.